The van der Waals surface area contributed by atoms with E-state index in [2.05, 4.69) is 38.2 Å². The first kappa shape index (κ1) is 105. The first-order valence-corrected chi connectivity index (χ1v) is 43.7. The van der Waals surface area contributed by atoms with E-state index in [-0.39, 0.29) is 12.8 Å². The van der Waals surface area contributed by atoms with Crippen LogP contribution in [0, 0.1) is 0 Å². The van der Waals surface area contributed by atoms with Gasteiger partial charge in [-0.2, -0.15) is 0 Å². The van der Waals surface area contributed by atoms with Crippen LogP contribution in [0.5, 0.6) is 0 Å². The van der Waals surface area contributed by atoms with Gasteiger partial charge in [0, 0.05) is 12.8 Å². The monoisotopic (exact) mass is 1780 g/mol. The number of ether oxygens (including phenoxy) is 14. The Morgan fingerprint density at radius 1 is 0.331 bits per heavy atom. The predicted octanol–water partition coefficient (Wildman–Crippen LogP) is -5.78. The maximum absolute atomic E-state index is 14.5. The van der Waals surface area contributed by atoms with Gasteiger partial charge in [0.1, 0.15) is 190 Å². The van der Waals surface area contributed by atoms with Crippen LogP contribution in [-0.2, 0) is 89.5 Å². The molecule has 0 aromatic heterocycles. The Bertz CT molecular complexity index is 2990. The predicted molar refractivity (Wildman–Crippen MR) is 408 cm³/mol. The minimum atomic E-state index is -5.89. The van der Waals surface area contributed by atoms with E-state index in [0.29, 0.717) is 25.7 Å². The molecule has 1 saturated carbocycles. The number of phosphoric acid groups is 1. The van der Waals surface area contributed by atoms with Crippen LogP contribution in [-0.4, -0.2) is 414 Å². The number of unbranched alkanes of at least 4 members (excludes halogenated alkanes) is 18. The molecule has 706 valence electrons. The van der Waals surface area contributed by atoms with Gasteiger partial charge in [-0.25, -0.2) is 4.57 Å². The van der Waals surface area contributed by atoms with E-state index in [9.17, 15) is 136 Å². The minimum Gasteiger partial charge on any atom is -0.462 e. The van der Waals surface area contributed by atoms with Crippen molar-refractivity contribution in [2.24, 2.45) is 0 Å². The quantitative estimate of drug-likeness (QED) is 0.0117. The van der Waals surface area contributed by atoms with Crippen molar-refractivity contribution in [3.63, 3.8) is 0 Å². The number of phosphoric ester groups is 1. The molecule has 1 aliphatic carbocycles. The Hall–Kier alpha value is -2.87. The summed E-state index contributed by atoms with van der Waals surface area (Å²) in [6.07, 6.45) is -47.9. The van der Waals surface area contributed by atoms with Gasteiger partial charge in [-0.05, 0) is 38.5 Å². The maximum atomic E-state index is 14.5. The van der Waals surface area contributed by atoms with Crippen molar-refractivity contribution in [3.05, 3.63) is 24.3 Å². The molecule has 6 saturated heterocycles. The van der Waals surface area contributed by atoms with Crippen LogP contribution < -0.4 is 0 Å². The van der Waals surface area contributed by atoms with E-state index < -0.39 is 300 Å². The van der Waals surface area contributed by atoms with Crippen LogP contribution in [0.15, 0.2) is 24.3 Å². The van der Waals surface area contributed by atoms with Gasteiger partial charge in [0.05, 0.1) is 46.2 Å². The summed E-state index contributed by atoms with van der Waals surface area (Å²) in [5.74, 6) is -1.52. The number of rotatable bonds is 52. The normalized spacial score (nSPS) is 40.2. The fourth-order valence-electron chi connectivity index (χ4n) is 14.8. The number of carbonyl (C=O) groups excluding carboxylic acids is 2. The van der Waals surface area contributed by atoms with Crippen molar-refractivity contribution >= 4 is 19.8 Å². The molecule has 0 aromatic carbocycles. The molecule has 43 nitrogen and oxygen atoms in total. The largest absolute Gasteiger partial charge is 0.472 e. The first-order valence-electron chi connectivity index (χ1n) is 42.2. The average molecular weight is 1780 g/mol. The van der Waals surface area contributed by atoms with Crippen molar-refractivity contribution in [1.82, 2.24) is 0 Å². The zero-order valence-corrected chi connectivity index (χ0v) is 69.1. The third-order valence-electron chi connectivity index (χ3n) is 22.4. The summed E-state index contributed by atoms with van der Waals surface area (Å²) in [6.45, 7) is -3.02. The van der Waals surface area contributed by atoms with E-state index in [0.717, 1.165) is 77.0 Å². The summed E-state index contributed by atoms with van der Waals surface area (Å²) in [5.41, 5.74) is 0. The summed E-state index contributed by atoms with van der Waals surface area (Å²) in [4.78, 5) is 38.3. The number of hydrogen-bond acceptors (Lipinski definition) is 42. The summed E-state index contributed by atoms with van der Waals surface area (Å²) >= 11 is 0. The Kier molecular flexibility index (Phi) is 46.3. The van der Waals surface area contributed by atoms with E-state index >= 15 is 0 Å². The van der Waals surface area contributed by atoms with E-state index in [4.69, 9.17) is 75.4 Å². The molecule has 16 unspecified atom stereocenters. The molecule has 121 heavy (non-hydrogen) atoms. The van der Waals surface area contributed by atoms with Gasteiger partial charge in [0.25, 0.3) is 0 Å². The van der Waals surface area contributed by atoms with Gasteiger partial charge < -0.3 is 189 Å². The molecule has 6 aliphatic heterocycles. The van der Waals surface area contributed by atoms with Gasteiger partial charge in [0.15, 0.2) is 43.8 Å². The number of aliphatic hydroxyl groups excluding tert-OH is 23. The van der Waals surface area contributed by atoms with Crippen LogP contribution in [0.1, 0.15) is 168 Å². The van der Waals surface area contributed by atoms with E-state index in [1.165, 1.54) is 38.5 Å². The maximum Gasteiger partial charge on any atom is 0.472 e. The van der Waals surface area contributed by atoms with Crippen LogP contribution in [0.2, 0.25) is 0 Å². The third-order valence-corrected chi connectivity index (χ3v) is 23.4. The highest BCUT2D eigenvalue weighted by Gasteiger charge is 2.60. The van der Waals surface area contributed by atoms with Crippen LogP contribution in [0.25, 0.3) is 0 Å². The summed E-state index contributed by atoms with van der Waals surface area (Å²) < 4.78 is 104. The third kappa shape index (κ3) is 31.2. The molecular formula is C77H135O43P. The van der Waals surface area contributed by atoms with Crippen LogP contribution in [0.3, 0.4) is 0 Å². The Morgan fingerprint density at radius 3 is 1.01 bits per heavy atom. The van der Waals surface area contributed by atoms with Gasteiger partial charge in [-0.15, -0.1) is 0 Å². The van der Waals surface area contributed by atoms with Crippen molar-refractivity contribution in [1.29, 1.82) is 0 Å². The average Bonchev–Trinajstić information content (AvgIpc) is 0.755. The minimum absolute atomic E-state index is 0.0345. The molecule has 0 spiro atoms. The lowest BCUT2D eigenvalue weighted by molar-refractivity contribution is -0.365. The van der Waals surface area contributed by atoms with Crippen molar-refractivity contribution in [2.45, 2.75) is 395 Å². The molecule has 0 radical (unpaired) electrons. The molecule has 0 amide bonds. The standard InChI is InChI=1S/C77H135O43P/c1-3-5-7-9-11-13-15-17-19-21-23-25-27-29-46(80)105-33-39(111-47(81)30-28-26-24-22-20-18-16-14-12-10-8-6-4-2)34-110-121(103,104)120-71-69(118-76-67(101)55(89)49(83)41(32-79)113-76)61(95)60(94)62(96)70(71)119-77-68(102)59(93)53(87)45(117-77)38-109-75-66(100)58(92)52(86)44(116-75)37-108-74-65(99)57(91)51(85)43(115-74)36-107-73-64(98)56(90)50(84)42(114-73)35-106-72-63(97)54(88)48(82)40(31-78)112-72/h8,10,14,16,39-45,48-79,82-102H,3-7,9,11-13,15,17-38H2,1-2H3,(H,103,104)/b10-8-,16-14-/t39-,40?,41?,42?,43?,44?,45?,48+,49-,50+,51+,52+,53+,54?,55?,56?,57?,58?,59?,60+,61?,62?,63+,64+,65+,66+,67-,68+,69-,70?,71+,72-,73-,74-,75-,76-,77+/m1/s1. The Labute approximate surface area is 701 Å². The van der Waals surface area contributed by atoms with E-state index in [1.807, 2.05) is 0 Å². The van der Waals surface area contributed by atoms with Gasteiger partial charge in [-0.1, -0.05) is 141 Å². The Balaban J connectivity index is 1.01. The lowest BCUT2D eigenvalue weighted by atomic mass is 9.84. The molecule has 6 heterocycles. The van der Waals surface area contributed by atoms with Crippen LogP contribution >= 0.6 is 7.82 Å². The molecule has 0 bridgehead atoms. The zero-order chi connectivity index (χ0) is 88.8. The fourth-order valence-corrected chi connectivity index (χ4v) is 15.8. The van der Waals surface area contributed by atoms with E-state index in [1.54, 1.807) is 0 Å². The second-order valence-corrected chi connectivity index (χ2v) is 33.3. The molecule has 7 fully saturated rings. The number of allylic oxidation sites excluding steroid dienone is 4. The number of hydrogen-bond donors (Lipinski definition) is 24. The lowest BCUT2D eigenvalue weighted by Crippen LogP contribution is -2.69. The SMILES string of the molecule is CCC/C=C\C/C=C\CCCCCCCC(=O)O[C@H](COC(=O)CCCCCCCCCCCCCCC)COP(=O)(O)O[C@@H]1C(O[C@@H]2OC(CO[C@@H]3OC(CO[C@@H]4OC(CO[C@@H]5OC(CO[C@@H]6OC(CO)[C@H](O)C(O)[C@@H]6O)[C@H](O)C(O)[C@@H]5O)[C@H](O)C(O)[C@@H]4O)[C@H](O)C(O)[C@@H]3O)[C@H](O)C(O)[C@@H]2O)C(O)[C@@H](O)C(O)[C@H]1O[C@H]1OC(CO)[C@@H](O)C(O)[C@H]1O. The second-order valence-electron chi connectivity index (χ2n) is 31.9. The Morgan fingerprint density at radius 2 is 0.636 bits per heavy atom. The van der Waals surface area contributed by atoms with Gasteiger partial charge in [-0.3, -0.25) is 18.6 Å². The molecule has 0 aromatic rings. The molecule has 7 aliphatic rings. The van der Waals surface area contributed by atoms with Gasteiger partial charge in [0.2, 0.25) is 0 Å². The number of aliphatic hydroxyl groups is 23. The van der Waals surface area contributed by atoms with Crippen molar-refractivity contribution in [3.8, 4) is 0 Å². The molecule has 38 atom stereocenters. The molecule has 7 rings (SSSR count). The smallest absolute Gasteiger partial charge is 0.462 e. The summed E-state index contributed by atoms with van der Waals surface area (Å²) in [5, 5.41) is 250. The highest BCUT2D eigenvalue weighted by atomic mass is 31.2. The highest BCUT2D eigenvalue weighted by molar-refractivity contribution is 7.47. The summed E-state index contributed by atoms with van der Waals surface area (Å²) in [7, 11) is -5.89. The topological polar surface area (TPSA) is 684 Å². The molecule has 24 N–H and O–H groups in total. The highest BCUT2D eigenvalue weighted by Crippen LogP contribution is 2.49. The second kappa shape index (κ2) is 53.3. The summed E-state index contributed by atoms with van der Waals surface area (Å²) in [6, 6.07) is 0. The van der Waals surface area contributed by atoms with Crippen molar-refractivity contribution < 1.29 is 212 Å². The van der Waals surface area contributed by atoms with Crippen molar-refractivity contribution in [2.75, 3.05) is 52.9 Å². The zero-order valence-electron chi connectivity index (χ0n) is 68.2. The lowest BCUT2D eigenvalue weighted by Gasteiger charge is -2.49. The van der Waals surface area contributed by atoms with Gasteiger partial charge >= 0.3 is 19.8 Å². The fraction of sp³-hybridized carbons (Fsp3) is 0.922. The molecule has 44 heteroatoms. The number of carbonyl (C=O) groups is 2. The molecular weight excluding hydrogens is 1640 g/mol. The number of esters is 2. The van der Waals surface area contributed by atoms with Crippen LogP contribution in [0.4, 0.5) is 0 Å². The first-order chi connectivity index (χ1) is 57.7.